The Morgan fingerprint density at radius 2 is 1.05 bits per heavy atom. The zero-order chi connectivity index (χ0) is 26.7. The van der Waals surface area contributed by atoms with Crippen molar-refractivity contribution >= 4 is 46.3 Å². The van der Waals surface area contributed by atoms with E-state index in [1.165, 1.54) is 15.9 Å². The monoisotopic (exact) mass is 545 g/mol. The Bertz CT molecular complexity index is 1480. The molecule has 0 atom stereocenters. The molecule has 5 aromatic carbocycles. The fourth-order valence-corrected chi connectivity index (χ4v) is 6.68. The van der Waals surface area contributed by atoms with Gasteiger partial charge in [-0.05, 0) is 53.7 Å². The zero-order valence-corrected chi connectivity index (χ0v) is 23.2. The molecule has 6 rings (SSSR count). The molecule has 1 aromatic heterocycles. The van der Waals surface area contributed by atoms with Gasteiger partial charge in [0, 0.05) is 11.3 Å². The van der Waals surface area contributed by atoms with Gasteiger partial charge in [-0.25, -0.2) is 4.98 Å². The van der Waals surface area contributed by atoms with Crippen molar-refractivity contribution in [3.05, 3.63) is 163 Å². The normalized spacial score (nSPS) is 10.6. The molecule has 0 N–H and O–H groups in total. The summed E-state index contributed by atoms with van der Waals surface area (Å²) >= 11 is 5.76. The second-order valence-corrected chi connectivity index (χ2v) is 11.4. The first kappa shape index (κ1) is 26.6. The molecule has 0 bridgehead atoms. The number of para-hydroxylation sites is 1. The summed E-state index contributed by atoms with van der Waals surface area (Å²) in [6.45, 7) is 0.463. The molecule has 0 amide bonds. The number of aromatic nitrogens is 1. The number of benzene rings is 5. The standard InChI is InChI=1S/C18H15P.C17H14ClNO/c1-4-10-16(11-5-1)19(17-12-6-2-7-13-17)18-14-8-3-9-15-18;18-11-13-5-9-16(10-6-13)20-12-15-8-7-14-3-1-2-4-17(14)19-15/h1-15H;1-10H,11-12H2. The molecule has 192 valence electrons. The summed E-state index contributed by atoms with van der Waals surface area (Å²) in [5.41, 5.74) is 3.00. The molecule has 0 fully saturated rings. The summed E-state index contributed by atoms with van der Waals surface area (Å²) in [4.78, 5) is 4.58. The van der Waals surface area contributed by atoms with E-state index in [4.69, 9.17) is 16.3 Å². The molecule has 0 aliphatic rings. The molecule has 0 unspecified atom stereocenters. The summed E-state index contributed by atoms with van der Waals surface area (Å²) in [7, 11) is -0.446. The molecule has 0 aliphatic heterocycles. The van der Waals surface area contributed by atoms with Crippen LogP contribution in [0.4, 0.5) is 0 Å². The lowest BCUT2D eigenvalue weighted by molar-refractivity contribution is 0.302. The second-order valence-electron chi connectivity index (χ2n) is 8.90. The molecule has 1 heterocycles. The van der Waals surface area contributed by atoms with Crippen molar-refractivity contribution in [2.75, 3.05) is 0 Å². The van der Waals surface area contributed by atoms with E-state index in [9.17, 15) is 0 Å². The number of hydrogen-bond acceptors (Lipinski definition) is 2. The smallest absolute Gasteiger partial charge is 0.130 e. The van der Waals surface area contributed by atoms with E-state index in [0.717, 1.165) is 27.9 Å². The van der Waals surface area contributed by atoms with Gasteiger partial charge in [0.05, 0.1) is 11.2 Å². The van der Waals surface area contributed by atoms with E-state index >= 15 is 0 Å². The number of hydrogen-bond donors (Lipinski definition) is 0. The number of pyridine rings is 1. The average molecular weight is 546 g/mol. The molecule has 4 heteroatoms. The fraction of sp³-hybridized carbons (Fsp3) is 0.0571. The molecular weight excluding hydrogens is 517 g/mol. The van der Waals surface area contributed by atoms with Crippen molar-refractivity contribution in [3.63, 3.8) is 0 Å². The Morgan fingerprint density at radius 1 is 0.538 bits per heavy atom. The number of nitrogens with zero attached hydrogens (tertiary/aromatic N) is 1. The summed E-state index contributed by atoms with van der Waals surface area (Å²) in [6.07, 6.45) is 0. The van der Waals surface area contributed by atoms with E-state index in [1.807, 2.05) is 48.5 Å². The van der Waals surface area contributed by atoms with E-state index in [0.29, 0.717) is 12.5 Å². The van der Waals surface area contributed by atoms with Crippen LogP contribution in [0, 0.1) is 0 Å². The highest BCUT2D eigenvalue weighted by Crippen LogP contribution is 2.32. The van der Waals surface area contributed by atoms with E-state index < -0.39 is 7.92 Å². The van der Waals surface area contributed by atoms with E-state index in [1.54, 1.807) is 0 Å². The number of rotatable bonds is 7. The molecule has 2 nitrogen and oxygen atoms in total. The third-order valence-electron chi connectivity index (χ3n) is 6.16. The van der Waals surface area contributed by atoms with Crippen molar-refractivity contribution in [3.8, 4) is 5.75 Å². The van der Waals surface area contributed by atoms with Crippen LogP contribution in [0.25, 0.3) is 10.9 Å². The molecule has 0 saturated carbocycles. The van der Waals surface area contributed by atoms with Crippen LogP contribution in [0.5, 0.6) is 5.75 Å². The van der Waals surface area contributed by atoms with Gasteiger partial charge in [0.25, 0.3) is 0 Å². The summed E-state index contributed by atoms with van der Waals surface area (Å²) in [5, 5.41) is 5.34. The average Bonchev–Trinajstić information content (AvgIpc) is 3.02. The van der Waals surface area contributed by atoms with Gasteiger partial charge in [-0.3, -0.25) is 0 Å². The van der Waals surface area contributed by atoms with E-state index in [2.05, 4.69) is 108 Å². The minimum atomic E-state index is -0.446. The Hall–Kier alpha value is -3.97. The lowest BCUT2D eigenvalue weighted by Crippen LogP contribution is -2.20. The highest BCUT2D eigenvalue weighted by atomic mass is 35.5. The minimum absolute atomic E-state index is 0.446. The van der Waals surface area contributed by atoms with Crippen molar-refractivity contribution in [1.82, 2.24) is 4.98 Å². The van der Waals surface area contributed by atoms with Gasteiger partial charge < -0.3 is 4.74 Å². The van der Waals surface area contributed by atoms with Gasteiger partial charge in [-0.15, -0.1) is 11.6 Å². The van der Waals surface area contributed by atoms with Crippen LogP contribution in [0.3, 0.4) is 0 Å². The molecule has 6 aromatic rings. The molecule has 0 aliphatic carbocycles. The Kier molecular flexibility index (Phi) is 9.36. The summed E-state index contributed by atoms with van der Waals surface area (Å²) < 4.78 is 5.73. The maximum absolute atomic E-state index is 5.76. The number of halogens is 1. The summed E-state index contributed by atoms with van der Waals surface area (Å²) in [6, 6.07) is 52.2. The maximum atomic E-state index is 5.76. The predicted octanol–water partition coefficient (Wildman–Crippen LogP) is 8.00. The van der Waals surface area contributed by atoms with Gasteiger partial charge in [-0.1, -0.05) is 127 Å². The quantitative estimate of drug-likeness (QED) is 0.150. The largest absolute Gasteiger partial charge is 0.487 e. The minimum Gasteiger partial charge on any atom is -0.487 e. The van der Waals surface area contributed by atoms with Crippen molar-refractivity contribution in [1.29, 1.82) is 0 Å². The first-order valence-electron chi connectivity index (χ1n) is 12.9. The first-order valence-corrected chi connectivity index (χ1v) is 14.8. The topological polar surface area (TPSA) is 22.1 Å². The fourth-order valence-electron chi connectivity index (χ4n) is 4.20. The summed E-state index contributed by atoms with van der Waals surface area (Å²) in [5.74, 6) is 1.35. The lowest BCUT2D eigenvalue weighted by Gasteiger charge is -2.18. The van der Waals surface area contributed by atoms with Crippen molar-refractivity contribution < 1.29 is 4.74 Å². The first-order chi connectivity index (χ1) is 19.3. The highest BCUT2D eigenvalue weighted by molar-refractivity contribution is 7.79. The predicted molar refractivity (Wildman–Crippen MR) is 167 cm³/mol. The van der Waals surface area contributed by atoms with Crippen LogP contribution in [0.2, 0.25) is 0 Å². The van der Waals surface area contributed by atoms with Crippen LogP contribution in [0.1, 0.15) is 11.3 Å². The lowest BCUT2D eigenvalue weighted by atomic mass is 10.2. The number of alkyl halides is 1. The number of fused-ring (bicyclic) bond motifs is 1. The number of ether oxygens (including phenoxy) is 1. The van der Waals surface area contributed by atoms with Crippen LogP contribution in [-0.4, -0.2) is 4.98 Å². The van der Waals surface area contributed by atoms with Crippen LogP contribution in [0.15, 0.2) is 152 Å². The Balaban J connectivity index is 0.000000158. The molecule has 0 radical (unpaired) electrons. The van der Waals surface area contributed by atoms with Gasteiger partial charge in [0.1, 0.15) is 12.4 Å². The Labute approximate surface area is 236 Å². The van der Waals surface area contributed by atoms with Gasteiger partial charge >= 0.3 is 0 Å². The molecule has 39 heavy (non-hydrogen) atoms. The van der Waals surface area contributed by atoms with Gasteiger partial charge in [-0.2, -0.15) is 0 Å². The molecule has 0 spiro atoms. The second kappa shape index (κ2) is 13.7. The Morgan fingerprint density at radius 3 is 1.59 bits per heavy atom. The van der Waals surface area contributed by atoms with Gasteiger partial charge in [0.2, 0.25) is 0 Å². The molecular formula is C35H29ClNOP. The molecule has 0 saturated heterocycles. The van der Waals surface area contributed by atoms with Gasteiger partial charge in [0.15, 0.2) is 0 Å². The maximum Gasteiger partial charge on any atom is 0.130 e. The SMILES string of the molecule is ClCc1ccc(OCc2ccc3ccccc3n2)cc1.c1ccc(P(c2ccccc2)c2ccccc2)cc1. The third kappa shape index (κ3) is 7.33. The van der Waals surface area contributed by atoms with Crippen molar-refractivity contribution in [2.45, 2.75) is 12.5 Å². The van der Waals surface area contributed by atoms with Crippen molar-refractivity contribution in [2.24, 2.45) is 0 Å². The van der Waals surface area contributed by atoms with E-state index in [-0.39, 0.29) is 0 Å². The third-order valence-corrected chi connectivity index (χ3v) is 8.92. The highest BCUT2D eigenvalue weighted by Gasteiger charge is 2.15. The van der Waals surface area contributed by atoms with Crippen LogP contribution < -0.4 is 20.7 Å². The van der Waals surface area contributed by atoms with Crippen LogP contribution in [-0.2, 0) is 12.5 Å². The van der Waals surface area contributed by atoms with Crippen LogP contribution >= 0.6 is 19.5 Å². The zero-order valence-electron chi connectivity index (χ0n) is 21.5.